The van der Waals surface area contributed by atoms with E-state index in [0.717, 1.165) is 22.8 Å². The Labute approximate surface area is 149 Å². The van der Waals surface area contributed by atoms with Crippen LogP contribution in [0, 0.1) is 6.92 Å². The largest absolute Gasteiger partial charge is 0.497 e. The number of rotatable bonds is 10. The predicted molar refractivity (Wildman–Crippen MR) is 98.7 cm³/mol. The van der Waals surface area contributed by atoms with E-state index in [2.05, 4.69) is 0 Å². The number of aliphatic hydroxyl groups is 1. The molecule has 25 heavy (non-hydrogen) atoms. The van der Waals surface area contributed by atoms with Crippen molar-refractivity contribution in [1.82, 2.24) is 4.90 Å². The van der Waals surface area contributed by atoms with Crippen LogP contribution in [0.2, 0.25) is 0 Å². The average Bonchev–Trinajstić information content (AvgIpc) is 2.60. The minimum atomic E-state index is -0.550. The Morgan fingerprint density at radius 3 is 2.40 bits per heavy atom. The fourth-order valence-electron chi connectivity index (χ4n) is 2.39. The Kier molecular flexibility index (Phi) is 7.57. The van der Waals surface area contributed by atoms with E-state index in [-0.39, 0.29) is 6.61 Å². The van der Waals surface area contributed by atoms with Gasteiger partial charge < -0.3 is 24.2 Å². The monoisotopic (exact) mass is 345 g/mol. The number of aliphatic hydroxyl groups excluding tert-OH is 1. The third-order valence-electron chi connectivity index (χ3n) is 3.76. The van der Waals surface area contributed by atoms with E-state index in [1.807, 2.05) is 67.4 Å². The molecule has 0 aliphatic rings. The summed E-state index contributed by atoms with van der Waals surface area (Å²) in [5, 5.41) is 10.1. The second-order valence-electron chi connectivity index (χ2n) is 6.07. The average molecular weight is 345 g/mol. The molecule has 0 saturated carbocycles. The fourth-order valence-corrected chi connectivity index (χ4v) is 2.39. The normalized spacial score (nSPS) is 12.0. The zero-order chi connectivity index (χ0) is 18.1. The molecule has 0 aromatic heterocycles. The molecule has 0 aliphatic carbocycles. The summed E-state index contributed by atoms with van der Waals surface area (Å²) in [6.07, 6.45) is -0.550. The number of aryl methyl sites for hydroxylation is 1. The lowest BCUT2D eigenvalue weighted by Gasteiger charge is -2.21. The van der Waals surface area contributed by atoms with Crippen LogP contribution in [-0.4, -0.2) is 56.6 Å². The molecule has 5 heteroatoms. The van der Waals surface area contributed by atoms with E-state index in [0.29, 0.717) is 19.7 Å². The Hall–Kier alpha value is -2.24. The minimum Gasteiger partial charge on any atom is -0.497 e. The molecule has 0 bridgehead atoms. The zero-order valence-corrected chi connectivity index (χ0v) is 15.1. The molecule has 2 aromatic carbocycles. The van der Waals surface area contributed by atoms with Crippen LogP contribution in [0.1, 0.15) is 5.56 Å². The van der Waals surface area contributed by atoms with Gasteiger partial charge in [-0.25, -0.2) is 0 Å². The van der Waals surface area contributed by atoms with Gasteiger partial charge in [-0.1, -0.05) is 12.1 Å². The molecule has 0 amide bonds. The quantitative estimate of drug-likeness (QED) is 0.718. The van der Waals surface area contributed by atoms with Gasteiger partial charge in [0.05, 0.1) is 7.11 Å². The molecule has 5 nitrogen and oxygen atoms in total. The lowest BCUT2D eigenvalue weighted by molar-refractivity contribution is 0.0723. The van der Waals surface area contributed by atoms with Gasteiger partial charge in [0.25, 0.3) is 0 Å². The van der Waals surface area contributed by atoms with Crippen LogP contribution in [0.3, 0.4) is 0 Å². The summed E-state index contributed by atoms with van der Waals surface area (Å²) < 4.78 is 16.4. The Bertz CT molecular complexity index is 630. The van der Waals surface area contributed by atoms with Gasteiger partial charge in [-0.05, 0) is 55.9 Å². The molecule has 1 atom stereocenters. The molecule has 0 radical (unpaired) electrons. The summed E-state index contributed by atoms with van der Waals surface area (Å²) >= 11 is 0. The second kappa shape index (κ2) is 9.91. The Morgan fingerprint density at radius 1 is 1.00 bits per heavy atom. The molecule has 2 aromatic rings. The SMILES string of the molecule is COc1ccc(OCCN(C)CC(O)COc2cccc(C)c2)cc1. The van der Waals surface area contributed by atoms with E-state index in [9.17, 15) is 5.11 Å². The van der Waals surface area contributed by atoms with Crippen molar-refractivity contribution in [2.75, 3.05) is 40.5 Å². The smallest absolute Gasteiger partial charge is 0.119 e. The van der Waals surface area contributed by atoms with Crippen molar-refractivity contribution in [2.45, 2.75) is 13.0 Å². The van der Waals surface area contributed by atoms with E-state index in [4.69, 9.17) is 14.2 Å². The highest BCUT2D eigenvalue weighted by molar-refractivity contribution is 5.31. The van der Waals surface area contributed by atoms with Gasteiger partial charge in [0, 0.05) is 13.1 Å². The number of methoxy groups -OCH3 is 1. The molecule has 0 saturated heterocycles. The zero-order valence-electron chi connectivity index (χ0n) is 15.1. The molecule has 0 heterocycles. The van der Waals surface area contributed by atoms with E-state index in [1.54, 1.807) is 7.11 Å². The van der Waals surface area contributed by atoms with Gasteiger partial charge in [-0.3, -0.25) is 0 Å². The fraction of sp³-hybridized carbons (Fsp3) is 0.400. The maximum atomic E-state index is 10.1. The van der Waals surface area contributed by atoms with Crippen molar-refractivity contribution >= 4 is 0 Å². The number of nitrogens with zero attached hydrogens (tertiary/aromatic N) is 1. The number of hydrogen-bond acceptors (Lipinski definition) is 5. The lowest BCUT2D eigenvalue weighted by Crippen LogP contribution is -2.35. The first-order chi connectivity index (χ1) is 12.1. The topological polar surface area (TPSA) is 51.2 Å². The van der Waals surface area contributed by atoms with Crippen molar-refractivity contribution in [3.63, 3.8) is 0 Å². The Balaban J connectivity index is 1.64. The van der Waals surface area contributed by atoms with E-state index >= 15 is 0 Å². The molecule has 1 N–H and O–H groups in total. The molecule has 2 rings (SSSR count). The van der Waals surface area contributed by atoms with Crippen LogP contribution in [-0.2, 0) is 0 Å². The molecule has 0 aliphatic heterocycles. The van der Waals surface area contributed by atoms with Crippen LogP contribution in [0.15, 0.2) is 48.5 Å². The third kappa shape index (κ3) is 7.03. The van der Waals surface area contributed by atoms with E-state index in [1.165, 1.54) is 0 Å². The van der Waals surface area contributed by atoms with Crippen molar-refractivity contribution in [1.29, 1.82) is 0 Å². The summed E-state index contributed by atoms with van der Waals surface area (Å²) in [4.78, 5) is 2.02. The minimum absolute atomic E-state index is 0.271. The van der Waals surface area contributed by atoms with Gasteiger partial charge in [0.1, 0.15) is 36.6 Å². The summed E-state index contributed by atoms with van der Waals surface area (Å²) in [6.45, 7) is 4.08. The number of hydrogen-bond donors (Lipinski definition) is 1. The van der Waals surface area contributed by atoms with Crippen LogP contribution in [0.5, 0.6) is 17.2 Å². The van der Waals surface area contributed by atoms with Gasteiger partial charge in [-0.15, -0.1) is 0 Å². The third-order valence-corrected chi connectivity index (χ3v) is 3.76. The van der Waals surface area contributed by atoms with Crippen molar-refractivity contribution in [2.24, 2.45) is 0 Å². The van der Waals surface area contributed by atoms with Crippen LogP contribution < -0.4 is 14.2 Å². The molecule has 136 valence electrons. The maximum Gasteiger partial charge on any atom is 0.119 e. The van der Waals surface area contributed by atoms with Crippen LogP contribution in [0.4, 0.5) is 0 Å². The molecular weight excluding hydrogens is 318 g/mol. The van der Waals surface area contributed by atoms with Gasteiger partial charge in [0.15, 0.2) is 0 Å². The summed E-state index contributed by atoms with van der Waals surface area (Å²) in [5.74, 6) is 2.39. The Morgan fingerprint density at radius 2 is 1.72 bits per heavy atom. The predicted octanol–water partition coefficient (Wildman–Crippen LogP) is 2.75. The first-order valence-corrected chi connectivity index (χ1v) is 8.40. The van der Waals surface area contributed by atoms with Crippen LogP contribution in [0.25, 0.3) is 0 Å². The molecular formula is C20H27NO4. The lowest BCUT2D eigenvalue weighted by atomic mass is 10.2. The molecule has 1 unspecified atom stereocenters. The van der Waals surface area contributed by atoms with Gasteiger partial charge in [-0.2, -0.15) is 0 Å². The summed E-state index contributed by atoms with van der Waals surface area (Å²) in [5.41, 5.74) is 1.14. The highest BCUT2D eigenvalue weighted by Gasteiger charge is 2.09. The van der Waals surface area contributed by atoms with Gasteiger partial charge in [0.2, 0.25) is 0 Å². The number of likely N-dealkylation sites (N-methyl/N-ethyl adjacent to an activating group) is 1. The summed E-state index contributed by atoms with van der Waals surface area (Å²) in [7, 11) is 3.59. The van der Waals surface area contributed by atoms with E-state index < -0.39 is 6.10 Å². The molecule has 0 spiro atoms. The maximum absolute atomic E-state index is 10.1. The first-order valence-electron chi connectivity index (χ1n) is 8.40. The van der Waals surface area contributed by atoms with Gasteiger partial charge >= 0.3 is 0 Å². The number of benzene rings is 2. The van der Waals surface area contributed by atoms with Crippen LogP contribution >= 0.6 is 0 Å². The van der Waals surface area contributed by atoms with Crippen molar-refractivity contribution < 1.29 is 19.3 Å². The van der Waals surface area contributed by atoms with Crippen molar-refractivity contribution in [3.05, 3.63) is 54.1 Å². The highest BCUT2D eigenvalue weighted by Crippen LogP contribution is 2.17. The summed E-state index contributed by atoms with van der Waals surface area (Å²) in [6, 6.07) is 15.3. The first kappa shape index (κ1) is 19.1. The number of ether oxygens (including phenoxy) is 3. The standard InChI is InChI=1S/C20H27NO4/c1-16-5-4-6-20(13-16)25-15-17(22)14-21(2)11-12-24-19-9-7-18(23-3)8-10-19/h4-10,13,17,22H,11-12,14-15H2,1-3H3. The highest BCUT2D eigenvalue weighted by atomic mass is 16.5. The molecule has 0 fully saturated rings. The second-order valence-corrected chi connectivity index (χ2v) is 6.07. The van der Waals surface area contributed by atoms with Crippen molar-refractivity contribution in [3.8, 4) is 17.2 Å².